The lowest BCUT2D eigenvalue weighted by atomic mass is 9.89. The van der Waals surface area contributed by atoms with Gasteiger partial charge in [0.15, 0.2) is 13.9 Å². The van der Waals surface area contributed by atoms with E-state index in [9.17, 15) is 29.4 Å². The highest BCUT2D eigenvalue weighted by atomic mass is 28.4. The summed E-state index contributed by atoms with van der Waals surface area (Å²) < 4.78 is 19.8. The molecule has 5 aromatic carbocycles. The number of ether oxygens (including phenoxy) is 1. The van der Waals surface area contributed by atoms with Gasteiger partial charge in [0, 0.05) is 48.7 Å². The summed E-state index contributed by atoms with van der Waals surface area (Å²) in [5.74, 6) is -0.432. The van der Waals surface area contributed by atoms with Crippen molar-refractivity contribution in [2.24, 2.45) is 0 Å². The Morgan fingerprint density at radius 2 is 1.64 bits per heavy atom. The molecule has 376 valence electrons. The van der Waals surface area contributed by atoms with Gasteiger partial charge in [-0.2, -0.15) is 0 Å². The third-order valence-electron chi connectivity index (χ3n) is 14.1. The van der Waals surface area contributed by atoms with E-state index in [2.05, 4.69) is 49.5 Å². The lowest BCUT2D eigenvalue weighted by Gasteiger charge is -2.39. The third-order valence-corrected chi connectivity index (χ3v) is 18.6. The molecule has 0 radical (unpaired) electrons. The van der Waals surface area contributed by atoms with E-state index in [1.807, 2.05) is 115 Å². The van der Waals surface area contributed by atoms with Crippen LogP contribution in [0.25, 0.3) is 39.2 Å². The fourth-order valence-electron chi connectivity index (χ4n) is 9.23. The van der Waals surface area contributed by atoms with E-state index in [0.717, 1.165) is 38.8 Å². The molecule has 7 aromatic rings. The average Bonchev–Trinajstić information content (AvgIpc) is 3.67. The minimum Gasteiger partial charge on any atom is -0.506 e. The van der Waals surface area contributed by atoms with Gasteiger partial charge in [-0.15, -0.1) is 0 Å². The first kappa shape index (κ1) is 51.2. The van der Waals surface area contributed by atoms with E-state index in [-0.39, 0.29) is 41.1 Å². The Hall–Kier alpha value is -7.20. The molecular weight excluding hydrogens is 927 g/mol. The highest BCUT2D eigenvalue weighted by molar-refractivity contribution is 6.74. The number of aromatic nitrogens is 2. The Bertz CT molecular complexity index is 3150. The number of amides is 2. The first-order valence-electron chi connectivity index (χ1n) is 24.8. The number of aryl methyl sites for hydroxylation is 1. The molecule has 0 spiro atoms. The number of H-pyrrole nitrogens is 1. The Balaban J connectivity index is 0.899. The maximum absolute atomic E-state index is 13.2. The number of aromatic hydroxyl groups is 1. The molecule has 0 saturated heterocycles. The molecule has 1 aliphatic carbocycles. The molecule has 2 amide bonds. The van der Waals surface area contributed by atoms with Crippen LogP contribution in [-0.2, 0) is 28.9 Å². The van der Waals surface area contributed by atoms with E-state index in [4.69, 9.17) is 13.6 Å². The number of rotatable bonds is 18. The number of carboxylic acid groups (broad SMARTS) is 1. The second-order valence-electron chi connectivity index (χ2n) is 20.2. The van der Waals surface area contributed by atoms with Gasteiger partial charge in [0.05, 0.1) is 22.8 Å². The van der Waals surface area contributed by atoms with E-state index in [1.165, 1.54) is 11.0 Å². The molecule has 0 bridgehead atoms. The fraction of sp³-hybridized carbons (Fsp3) is 0.333. The molecule has 15 heteroatoms. The number of nitrogens with zero attached hydrogens (tertiary/aromatic N) is 2. The lowest BCUT2D eigenvalue weighted by Crippen LogP contribution is -2.46. The molecule has 1 atom stereocenters. The summed E-state index contributed by atoms with van der Waals surface area (Å²) >= 11 is 0. The number of anilines is 1. The minimum atomic E-state index is -2.27. The van der Waals surface area contributed by atoms with Gasteiger partial charge in [-0.3, -0.25) is 14.3 Å². The van der Waals surface area contributed by atoms with Crippen molar-refractivity contribution in [1.29, 1.82) is 0 Å². The monoisotopic (exact) mass is 991 g/mol. The second kappa shape index (κ2) is 22.5. The predicted octanol–water partition coefficient (Wildman–Crippen LogP) is 11.9. The van der Waals surface area contributed by atoms with Crippen molar-refractivity contribution < 1.29 is 33.4 Å². The number of carbonyl (C=O) groups excluding carboxylic acids is 1. The van der Waals surface area contributed by atoms with Gasteiger partial charge in [0.25, 0.3) is 0 Å². The second-order valence-corrected chi connectivity index (χ2v) is 24.9. The summed E-state index contributed by atoms with van der Waals surface area (Å²) in [7, 11) is -2.27. The molecule has 2 aromatic heterocycles. The predicted molar refractivity (Wildman–Crippen MR) is 286 cm³/mol. The number of phenolic OH excluding ortho intramolecular Hbond substituents is 1. The van der Waals surface area contributed by atoms with Gasteiger partial charge in [-0.25, -0.2) is 14.4 Å². The first-order chi connectivity index (χ1) is 34.5. The standard InChI is InChI=1S/C57H65N5O9Si/c1-57(2,3)72(4,5)71-51(45-27-30-49(63)53-46(45)28-31-52(64)60-53)36-58-35-40-21-29-47-50(34-40)70-56(68)61(47)32-14-8-11-15-38-20-26-44(41-18-12-7-13-19-41)48(33-38)62(55(66)67)43-24-22-42(23-25-43)59-54(65)69-37-39-16-9-6-10-17-39/h6-7,9-13,15-21,26-31,33-34,42-43,51,58,63H,8,14,22-25,32,35-37H2,1-5H3,(H,59,65)(H,60,64)(H,66,67)/t42-,43-,51-/m0/s1. The normalized spacial score (nSPS) is 15.7. The van der Waals surface area contributed by atoms with Crippen LogP contribution in [0.5, 0.6) is 5.75 Å². The summed E-state index contributed by atoms with van der Waals surface area (Å²) in [4.78, 5) is 55.3. The summed E-state index contributed by atoms with van der Waals surface area (Å²) in [6.45, 7) is 12.5. The molecule has 5 N–H and O–H groups in total. The van der Waals surface area contributed by atoms with Crippen LogP contribution >= 0.6 is 0 Å². The number of alkyl carbamates (subject to hydrolysis) is 1. The topological polar surface area (TPSA) is 188 Å². The van der Waals surface area contributed by atoms with Crippen molar-refractivity contribution in [1.82, 2.24) is 20.2 Å². The van der Waals surface area contributed by atoms with E-state index < -0.39 is 26.3 Å². The number of hydrogen-bond acceptors (Lipinski definition) is 9. The molecular formula is C57H65N5O9Si. The number of fused-ring (bicyclic) bond motifs is 2. The van der Waals surface area contributed by atoms with Gasteiger partial charge in [0.2, 0.25) is 5.56 Å². The van der Waals surface area contributed by atoms with Crippen molar-refractivity contribution in [2.45, 2.75) is 115 Å². The van der Waals surface area contributed by atoms with Gasteiger partial charge >= 0.3 is 17.9 Å². The first-order valence-corrected chi connectivity index (χ1v) is 27.7. The number of aromatic amines is 1. The van der Waals surface area contributed by atoms with Crippen molar-refractivity contribution in [2.75, 3.05) is 11.4 Å². The molecule has 0 unspecified atom stereocenters. The zero-order chi connectivity index (χ0) is 51.0. The van der Waals surface area contributed by atoms with Gasteiger partial charge in [-0.1, -0.05) is 118 Å². The summed E-state index contributed by atoms with van der Waals surface area (Å²) in [5.41, 5.74) is 7.15. The van der Waals surface area contributed by atoms with Gasteiger partial charge in [0.1, 0.15) is 12.4 Å². The molecule has 8 rings (SSSR count). The summed E-state index contributed by atoms with van der Waals surface area (Å²) in [5, 5.41) is 28.5. The number of hydrogen-bond donors (Lipinski definition) is 5. The number of phenols is 1. The van der Waals surface area contributed by atoms with Crippen LogP contribution in [0.2, 0.25) is 18.1 Å². The van der Waals surface area contributed by atoms with Gasteiger partial charge in [-0.05, 0) is 115 Å². The van der Waals surface area contributed by atoms with Crippen LogP contribution in [0.3, 0.4) is 0 Å². The number of nitrogens with one attached hydrogen (secondary N) is 3. The van der Waals surface area contributed by atoms with Crippen molar-refractivity contribution >= 4 is 54.3 Å². The minimum absolute atomic E-state index is 0.00359. The Morgan fingerprint density at radius 3 is 2.36 bits per heavy atom. The lowest BCUT2D eigenvalue weighted by molar-refractivity contribution is 0.132. The zero-order valence-electron chi connectivity index (χ0n) is 41.7. The highest BCUT2D eigenvalue weighted by Crippen LogP contribution is 2.42. The molecule has 72 heavy (non-hydrogen) atoms. The fourth-order valence-corrected chi connectivity index (χ4v) is 10.5. The molecule has 2 heterocycles. The molecule has 1 aliphatic rings. The van der Waals surface area contributed by atoms with Crippen molar-refractivity contribution in [3.8, 4) is 16.9 Å². The number of oxazole rings is 1. The molecule has 0 aliphatic heterocycles. The van der Waals surface area contributed by atoms with Crippen LogP contribution in [0.15, 0.2) is 141 Å². The van der Waals surface area contributed by atoms with Gasteiger partial charge < -0.3 is 39.4 Å². The Labute approximate surface area is 420 Å². The third kappa shape index (κ3) is 12.3. The number of pyridine rings is 1. The van der Waals surface area contributed by atoms with Crippen LogP contribution in [-0.4, -0.2) is 58.9 Å². The number of benzene rings is 5. The maximum atomic E-state index is 13.2. The summed E-state index contributed by atoms with van der Waals surface area (Å²) in [6.07, 6.45) is 5.84. The quantitative estimate of drug-likeness (QED) is 0.0409. The molecule has 1 fully saturated rings. The molecule has 1 saturated carbocycles. The van der Waals surface area contributed by atoms with Crippen LogP contribution < -0.4 is 26.8 Å². The SMILES string of the molecule is CC(C)(C)[Si](C)(C)O[C@@H](CNCc1ccc2c(c1)oc(=O)n2CCCC=Cc1ccc(-c2ccccc2)c(N(C(=O)O)[C@H]2CC[C@H](NC(=O)OCc3ccccc3)CC2)c1)c1ccc(O)c2[nH]c(=O)ccc12. The van der Waals surface area contributed by atoms with Crippen LogP contribution in [0.1, 0.15) is 87.7 Å². The van der Waals surface area contributed by atoms with Crippen LogP contribution in [0, 0.1) is 0 Å². The Kier molecular flexibility index (Phi) is 16.0. The number of allylic oxidation sites excluding steroid dienone is 1. The average molecular weight is 992 g/mol. The number of unbranched alkanes of at least 4 members (excludes halogenated alkanes) is 1. The maximum Gasteiger partial charge on any atom is 0.419 e. The van der Waals surface area contributed by atoms with Crippen molar-refractivity contribution in [3.63, 3.8) is 0 Å². The van der Waals surface area contributed by atoms with E-state index >= 15 is 0 Å². The van der Waals surface area contributed by atoms with E-state index in [0.29, 0.717) is 80.5 Å². The number of carbonyl (C=O) groups is 2. The zero-order valence-corrected chi connectivity index (χ0v) is 42.7. The highest BCUT2D eigenvalue weighted by Gasteiger charge is 2.40. The Morgan fingerprint density at radius 1 is 0.903 bits per heavy atom. The largest absolute Gasteiger partial charge is 0.506 e. The van der Waals surface area contributed by atoms with E-state index in [1.54, 1.807) is 16.7 Å². The smallest absolute Gasteiger partial charge is 0.419 e. The van der Waals surface area contributed by atoms with Crippen molar-refractivity contribution in [3.05, 3.63) is 171 Å². The van der Waals surface area contributed by atoms with Crippen LogP contribution in [0.4, 0.5) is 15.3 Å². The summed E-state index contributed by atoms with van der Waals surface area (Å²) in [6, 6.07) is 37.2. The molecule has 14 nitrogen and oxygen atoms in total.